The number of carbonyl (C=O) groups is 2. The van der Waals surface area contributed by atoms with Crippen LogP contribution in [0.5, 0.6) is 0 Å². The van der Waals surface area contributed by atoms with Crippen LogP contribution in [0.1, 0.15) is 31.1 Å². The second-order valence-electron chi connectivity index (χ2n) is 5.38. The lowest BCUT2D eigenvalue weighted by Crippen LogP contribution is -2.52. The monoisotopic (exact) mass is 258 g/mol. The van der Waals surface area contributed by atoms with Crippen LogP contribution in [-0.2, 0) is 4.79 Å². The molecule has 0 unspecified atom stereocenters. The van der Waals surface area contributed by atoms with Gasteiger partial charge in [-0.1, -0.05) is 39.5 Å². The Kier molecular flexibility index (Phi) is 3.06. The lowest BCUT2D eigenvalue weighted by molar-refractivity contribution is -0.132. The molecule has 0 bridgehead atoms. The summed E-state index contributed by atoms with van der Waals surface area (Å²) >= 11 is 0. The lowest BCUT2D eigenvalue weighted by atomic mass is 9.96. The normalized spacial score (nSPS) is 14.8. The quantitative estimate of drug-likeness (QED) is 0.836. The van der Waals surface area contributed by atoms with Crippen LogP contribution >= 0.6 is 0 Å². The molecule has 1 aliphatic heterocycles. The van der Waals surface area contributed by atoms with E-state index >= 15 is 0 Å². The van der Waals surface area contributed by atoms with Crippen LogP contribution in [0.3, 0.4) is 0 Å². The Morgan fingerprint density at radius 2 is 1.95 bits per heavy atom. The molecular weight excluding hydrogens is 242 g/mol. The smallest absolute Gasteiger partial charge is 0.273 e. The van der Waals surface area contributed by atoms with E-state index in [1.165, 1.54) is 0 Å². The molecule has 1 heterocycles. The second-order valence-corrected chi connectivity index (χ2v) is 5.38. The number of rotatable bonds is 1. The first kappa shape index (κ1) is 13.1. The summed E-state index contributed by atoms with van der Waals surface area (Å²) in [5.74, 6) is -0.383. The van der Waals surface area contributed by atoms with Crippen molar-refractivity contribution in [3.8, 4) is 0 Å². The van der Waals surface area contributed by atoms with Crippen LogP contribution in [0, 0.1) is 5.41 Å². The zero-order valence-corrected chi connectivity index (χ0v) is 11.2. The van der Waals surface area contributed by atoms with Gasteiger partial charge in [0, 0.05) is 5.41 Å². The third-order valence-electron chi connectivity index (χ3n) is 2.74. The predicted molar refractivity (Wildman–Crippen MR) is 71.1 cm³/mol. The van der Waals surface area contributed by atoms with E-state index in [1.54, 1.807) is 45.0 Å². The summed E-state index contributed by atoms with van der Waals surface area (Å²) in [5, 5.41) is 5.30. The van der Waals surface area contributed by atoms with Gasteiger partial charge in [-0.25, -0.2) is 5.32 Å². The van der Waals surface area contributed by atoms with Crippen molar-refractivity contribution in [2.75, 3.05) is 0 Å². The van der Waals surface area contributed by atoms with E-state index in [-0.39, 0.29) is 17.6 Å². The van der Waals surface area contributed by atoms with Gasteiger partial charge in [0.2, 0.25) is 5.91 Å². The summed E-state index contributed by atoms with van der Waals surface area (Å²) in [6, 6.07) is 6.96. The van der Waals surface area contributed by atoms with E-state index in [0.717, 1.165) is 5.01 Å². The number of hydrazine groups is 1. The highest BCUT2D eigenvalue weighted by molar-refractivity contribution is 6.02. The maximum Gasteiger partial charge on any atom is 0.280 e. The molecule has 5 heteroatoms. The molecule has 2 amide bonds. The van der Waals surface area contributed by atoms with Gasteiger partial charge in [0.1, 0.15) is 5.82 Å². The van der Waals surface area contributed by atoms with Crippen LogP contribution in [0.4, 0.5) is 5.69 Å². The van der Waals surface area contributed by atoms with Crippen molar-refractivity contribution in [2.45, 2.75) is 20.8 Å². The Labute approximate surface area is 112 Å². The number of carbonyl (C=O) groups excluding carboxylic acids is 2. The standard InChI is InChI=1S/C14H16N3O2/c1-9-15-11-8-6-5-7-10(11)12(18)17(9)16-13(19)14(2,3)4/h5-8H,1H2,2-4H3,(H,16,19). The number of benzene rings is 1. The molecule has 0 aromatic heterocycles. The van der Waals surface area contributed by atoms with Crippen molar-refractivity contribution in [3.63, 3.8) is 0 Å². The average molecular weight is 258 g/mol. The van der Waals surface area contributed by atoms with Gasteiger partial charge in [0.15, 0.2) is 0 Å². The van der Waals surface area contributed by atoms with E-state index in [0.29, 0.717) is 11.3 Å². The molecule has 0 spiro atoms. The molecule has 19 heavy (non-hydrogen) atoms. The van der Waals surface area contributed by atoms with E-state index in [1.807, 2.05) is 0 Å². The predicted octanol–water partition coefficient (Wildman–Crippen LogP) is 1.93. The van der Waals surface area contributed by atoms with Crippen molar-refractivity contribution in [3.05, 3.63) is 42.2 Å². The van der Waals surface area contributed by atoms with Gasteiger partial charge in [0.25, 0.3) is 5.91 Å². The fourth-order valence-corrected chi connectivity index (χ4v) is 1.56. The number of amides is 2. The molecule has 99 valence electrons. The summed E-state index contributed by atoms with van der Waals surface area (Å²) in [6.07, 6.45) is 0. The first-order chi connectivity index (χ1) is 8.80. The summed E-state index contributed by atoms with van der Waals surface area (Å²) in [5.41, 5.74) is 2.97. The fraction of sp³-hybridized carbons (Fsp3) is 0.286. The zero-order valence-electron chi connectivity index (χ0n) is 11.2. The largest absolute Gasteiger partial charge is 0.280 e. The highest BCUT2D eigenvalue weighted by Crippen LogP contribution is 2.25. The maximum atomic E-state index is 12.3. The van der Waals surface area contributed by atoms with Gasteiger partial charge in [-0.05, 0) is 12.1 Å². The van der Waals surface area contributed by atoms with Gasteiger partial charge in [-0.15, -0.1) is 0 Å². The van der Waals surface area contributed by atoms with Crippen LogP contribution in [-0.4, -0.2) is 16.8 Å². The molecule has 1 radical (unpaired) electrons. The third kappa shape index (κ3) is 2.45. The molecule has 0 saturated heterocycles. The van der Waals surface area contributed by atoms with Crippen LogP contribution in [0.2, 0.25) is 0 Å². The number of hydrogen-bond acceptors (Lipinski definition) is 2. The van der Waals surface area contributed by atoms with Crippen LogP contribution < -0.4 is 10.7 Å². The number of para-hydroxylation sites is 1. The van der Waals surface area contributed by atoms with Crippen LogP contribution in [0.15, 0.2) is 36.7 Å². The van der Waals surface area contributed by atoms with Gasteiger partial charge < -0.3 is 0 Å². The van der Waals surface area contributed by atoms with Crippen molar-refractivity contribution in [1.82, 2.24) is 15.8 Å². The molecule has 5 nitrogen and oxygen atoms in total. The SMILES string of the molecule is C=C1[N]c2ccccc2C(=O)N1NC(=O)C(C)(C)C. The average Bonchev–Trinajstić information content (AvgIpc) is 2.33. The van der Waals surface area contributed by atoms with Gasteiger partial charge in [0.05, 0.1) is 11.3 Å². The molecule has 1 aliphatic rings. The Hall–Kier alpha value is -2.30. The summed E-state index contributed by atoms with van der Waals surface area (Å²) in [7, 11) is 0. The van der Waals surface area contributed by atoms with Crippen molar-refractivity contribution in [2.24, 2.45) is 5.41 Å². The molecule has 0 fully saturated rings. The highest BCUT2D eigenvalue weighted by Gasteiger charge is 2.32. The van der Waals surface area contributed by atoms with Crippen LogP contribution in [0.25, 0.3) is 0 Å². The number of nitrogens with one attached hydrogen (secondary N) is 1. The first-order valence-electron chi connectivity index (χ1n) is 5.96. The van der Waals surface area contributed by atoms with E-state index in [2.05, 4.69) is 17.3 Å². The van der Waals surface area contributed by atoms with Crippen molar-refractivity contribution < 1.29 is 9.59 Å². The Morgan fingerprint density at radius 1 is 1.32 bits per heavy atom. The van der Waals surface area contributed by atoms with Gasteiger partial charge >= 0.3 is 0 Å². The lowest BCUT2D eigenvalue weighted by Gasteiger charge is -2.31. The van der Waals surface area contributed by atoms with Crippen molar-refractivity contribution in [1.29, 1.82) is 0 Å². The molecule has 0 atom stereocenters. The number of hydrogen-bond donors (Lipinski definition) is 1. The van der Waals surface area contributed by atoms with Crippen molar-refractivity contribution >= 4 is 17.5 Å². The topological polar surface area (TPSA) is 63.5 Å². The zero-order chi connectivity index (χ0) is 14.2. The van der Waals surface area contributed by atoms with E-state index in [9.17, 15) is 9.59 Å². The minimum absolute atomic E-state index is 0.210. The molecule has 0 aliphatic carbocycles. The molecular formula is C14H16N3O2. The highest BCUT2D eigenvalue weighted by atomic mass is 16.2. The minimum Gasteiger partial charge on any atom is -0.273 e. The Balaban J connectivity index is 2.27. The molecule has 1 aromatic carbocycles. The molecule has 2 rings (SSSR count). The summed E-state index contributed by atoms with van der Waals surface area (Å²) in [6.45, 7) is 9.01. The van der Waals surface area contributed by atoms with E-state index < -0.39 is 5.41 Å². The first-order valence-corrected chi connectivity index (χ1v) is 5.96. The van der Waals surface area contributed by atoms with Gasteiger partial charge in [-0.2, -0.15) is 5.01 Å². The fourth-order valence-electron chi connectivity index (χ4n) is 1.56. The third-order valence-corrected chi connectivity index (χ3v) is 2.74. The molecule has 1 aromatic rings. The second kappa shape index (κ2) is 4.42. The maximum absolute atomic E-state index is 12.3. The minimum atomic E-state index is -0.600. The molecule has 1 N–H and O–H groups in total. The summed E-state index contributed by atoms with van der Waals surface area (Å²) in [4.78, 5) is 24.2. The van der Waals surface area contributed by atoms with E-state index in [4.69, 9.17) is 0 Å². The number of nitrogens with zero attached hydrogens (tertiary/aromatic N) is 2. The Bertz CT molecular complexity index is 558. The van der Waals surface area contributed by atoms with Gasteiger partial charge in [-0.3, -0.25) is 15.0 Å². The number of fused-ring (bicyclic) bond motifs is 1. The Morgan fingerprint density at radius 3 is 2.58 bits per heavy atom. The molecule has 0 saturated carbocycles. The summed E-state index contributed by atoms with van der Waals surface area (Å²) < 4.78 is 0.